The molecule has 0 aliphatic carbocycles. The van der Waals surface area contributed by atoms with Gasteiger partial charge in [0.15, 0.2) is 0 Å². The number of aromatic nitrogens is 2. The molecule has 25 heavy (non-hydrogen) atoms. The van der Waals surface area contributed by atoms with Crippen LogP contribution in [-0.4, -0.2) is 23.0 Å². The molecular weight excluding hydrogens is 361 g/mol. The fourth-order valence-corrected chi connectivity index (χ4v) is 2.60. The lowest BCUT2D eigenvalue weighted by molar-refractivity contribution is 0.102. The maximum absolute atomic E-state index is 12.4. The van der Waals surface area contributed by atoms with Gasteiger partial charge in [-0.3, -0.25) is 9.78 Å². The lowest BCUT2D eigenvalue weighted by Crippen LogP contribution is -2.12. The number of ether oxygens (including phenoxy) is 1. The van der Waals surface area contributed by atoms with Crippen LogP contribution in [0.3, 0.4) is 0 Å². The summed E-state index contributed by atoms with van der Waals surface area (Å²) in [5.41, 5.74) is 2.28. The highest BCUT2D eigenvalue weighted by molar-refractivity contribution is 6.33. The van der Waals surface area contributed by atoms with E-state index < -0.39 is 0 Å². The standard InChI is InChI=1S/C18H13Cl2N3O2/c1-25-15-9-11(18(24)23-12-5-7-16(20)22-10-12)4-6-13(15)17-14(19)3-2-8-21-17/h2-10H,1H3,(H,23,24). The Labute approximate surface area is 154 Å². The first kappa shape index (κ1) is 17.2. The van der Waals surface area contributed by atoms with E-state index in [0.29, 0.717) is 38.4 Å². The molecule has 0 saturated heterocycles. The molecule has 2 aromatic heterocycles. The highest BCUT2D eigenvalue weighted by atomic mass is 35.5. The summed E-state index contributed by atoms with van der Waals surface area (Å²) in [5, 5.41) is 3.61. The number of carbonyl (C=O) groups excluding carboxylic acids is 1. The van der Waals surface area contributed by atoms with Crippen LogP contribution < -0.4 is 10.1 Å². The number of rotatable bonds is 4. The van der Waals surface area contributed by atoms with Crippen molar-refractivity contribution in [3.63, 3.8) is 0 Å². The van der Waals surface area contributed by atoms with E-state index >= 15 is 0 Å². The molecule has 0 fully saturated rings. The lowest BCUT2D eigenvalue weighted by Gasteiger charge is -2.11. The van der Waals surface area contributed by atoms with Crippen molar-refractivity contribution < 1.29 is 9.53 Å². The molecule has 1 amide bonds. The molecule has 2 heterocycles. The van der Waals surface area contributed by atoms with Gasteiger partial charge >= 0.3 is 0 Å². The Bertz CT molecular complexity index is 914. The number of amides is 1. The van der Waals surface area contributed by atoms with Gasteiger partial charge < -0.3 is 10.1 Å². The van der Waals surface area contributed by atoms with E-state index in [-0.39, 0.29) is 5.91 Å². The minimum atomic E-state index is -0.291. The number of anilines is 1. The van der Waals surface area contributed by atoms with Crippen LogP contribution in [0.4, 0.5) is 5.69 Å². The third kappa shape index (κ3) is 3.90. The van der Waals surface area contributed by atoms with Crippen LogP contribution in [0.2, 0.25) is 10.2 Å². The van der Waals surface area contributed by atoms with Gasteiger partial charge in [-0.15, -0.1) is 0 Å². The average Bonchev–Trinajstić information content (AvgIpc) is 2.63. The van der Waals surface area contributed by atoms with Crippen LogP contribution >= 0.6 is 23.2 Å². The molecule has 0 bridgehead atoms. The number of carbonyl (C=O) groups is 1. The minimum absolute atomic E-state index is 0.291. The van der Waals surface area contributed by atoms with E-state index in [2.05, 4.69) is 15.3 Å². The van der Waals surface area contributed by atoms with Gasteiger partial charge in [0.25, 0.3) is 5.91 Å². The van der Waals surface area contributed by atoms with E-state index in [9.17, 15) is 4.79 Å². The summed E-state index contributed by atoms with van der Waals surface area (Å²) in [7, 11) is 1.53. The number of hydrogen-bond donors (Lipinski definition) is 1. The van der Waals surface area contributed by atoms with Gasteiger partial charge in [-0.1, -0.05) is 23.2 Å². The van der Waals surface area contributed by atoms with Gasteiger partial charge in [0.1, 0.15) is 10.9 Å². The quantitative estimate of drug-likeness (QED) is 0.672. The summed E-state index contributed by atoms with van der Waals surface area (Å²) in [4.78, 5) is 20.6. The van der Waals surface area contributed by atoms with Crippen LogP contribution in [0.15, 0.2) is 54.9 Å². The Morgan fingerprint density at radius 1 is 1.12 bits per heavy atom. The number of methoxy groups -OCH3 is 1. The second kappa shape index (κ2) is 7.51. The zero-order valence-electron chi connectivity index (χ0n) is 13.2. The van der Waals surface area contributed by atoms with Gasteiger partial charge in [-0.25, -0.2) is 4.98 Å². The van der Waals surface area contributed by atoms with E-state index in [1.165, 1.54) is 13.3 Å². The first-order chi connectivity index (χ1) is 12.1. The highest BCUT2D eigenvalue weighted by Crippen LogP contribution is 2.33. The van der Waals surface area contributed by atoms with E-state index in [1.54, 1.807) is 48.7 Å². The zero-order chi connectivity index (χ0) is 17.8. The predicted molar refractivity (Wildman–Crippen MR) is 98.4 cm³/mol. The smallest absolute Gasteiger partial charge is 0.255 e. The molecule has 126 valence electrons. The summed E-state index contributed by atoms with van der Waals surface area (Å²) < 4.78 is 5.40. The van der Waals surface area contributed by atoms with Crippen LogP contribution in [0.25, 0.3) is 11.3 Å². The molecular formula is C18H13Cl2N3O2. The van der Waals surface area contributed by atoms with Crippen molar-refractivity contribution in [1.29, 1.82) is 0 Å². The molecule has 1 N–H and O–H groups in total. The number of nitrogens with one attached hydrogen (secondary N) is 1. The number of pyridine rings is 2. The fraction of sp³-hybridized carbons (Fsp3) is 0.0556. The Kier molecular flexibility index (Phi) is 5.16. The van der Waals surface area contributed by atoms with Crippen molar-refractivity contribution in [3.05, 3.63) is 70.6 Å². The summed E-state index contributed by atoms with van der Waals surface area (Å²) in [6, 6.07) is 11.8. The lowest BCUT2D eigenvalue weighted by atomic mass is 10.1. The SMILES string of the molecule is COc1cc(C(=O)Nc2ccc(Cl)nc2)ccc1-c1ncccc1Cl. The molecule has 0 unspecified atom stereocenters. The van der Waals surface area contributed by atoms with Crippen LogP contribution in [0.1, 0.15) is 10.4 Å². The van der Waals surface area contributed by atoms with Gasteiger partial charge in [0, 0.05) is 17.3 Å². The Hall–Kier alpha value is -2.63. The van der Waals surface area contributed by atoms with Crippen molar-refractivity contribution >= 4 is 34.8 Å². The molecule has 7 heteroatoms. The normalized spacial score (nSPS) is 10.4. The zero-order valence-corrected chi connectivity index (χ0v) is 14.7. The van der Waals surface area contributed by atoms with Gasteiger partial charge in [0.2, 0.25) is 0 Å². The Balaban J connectivity index is 1.90. The maximum Gasteiger partial charge on any atom is 0.255 e. The predicted octanol–water partition coefficient (Wildman–Crippen LogP) is 4.71. The van der Waals surface area contributed by atoms with Crippen molar-refractivity contribution in [1.82, 2.24) is 9.97 Å². The largest absolute Gasteiger partial charge is 0.496 e. The first-order valence-corrected chi connectivity index (χ1v) is 8.06. The molecule has 0 saturated carbocycles. The molecule has 0 aliphatic rings. The van der Waals surface area contributed by atoms with Gasteiger partial charge in [0.05, 0.1) is 29.7 Å². The number of nitrogens with zero attached hydrogens (tertiary/aromatic N) is 2. The molecule has 3 aromatic rings. The fourth-order valence-electron chi connectivity index (χ4n) is 2.26. The van der Waals surface area contributed by atoms with Crippen LogP contribution in [-0.2, 0) is 0 Å². The second-order valence-corrected chi connectivity index (χ2v) is 5.87. The second-order valence-electron chi connectivity index (χ2n) is 5.07. The first-order valence-electron chi connectivity index (χ1n) is 7.30. The molecule has 0 aliphatic heterocycles. The molecule has 3 rings (SSSR count). The van der Waals surface area contributed by atoms with Crippen molar-refractivity contribution in [2.24, 2.45) is 0 Å². The van der Waals surface area contributed by atoms with Crippen LogP contribution in [0, 0.1) is 0 Å². The van der Waals surface area contributed by atoms with E-state index in [4.69, 9.17) is 27.9 Å². The molecule has 0 radical (unpaired) electrons. The minimum Gasteiger partial charge on any atom is -0.496 e. The van der Waals surface area contributed by atoms with E-state index in [1.807, 2.05) is 0 Å². The number of halogens is 2. The molecule has 0 spiro atoms. The summed E-state index contributed by atoms with van der Waals surface area (Å²) >= 11 is 11.9. The molecule has 1 aromatic carbocycles. The summed E-state index contributed by atoms with van der Waals surface area (Å²) in [6.45, 7) is 0. The topological polar surface area (TPSA) is 64.1 Å². The maximum atomic E-state index is 12.4. The average molecular weight is 374 g/mol. The van der Waals surface area contributed by atoms with Crippen molar-refractivity contribution in [2.75, 3.05) is 12.4 Å². The monoisotopic (exact) mass is 373 g/mol. The van der Waals surface area contributed by atoms with E-state index in [0.717, 1.165) is 0 Å². The third-order valence-corrected chi connectivity index (χ3v) is 3.99. The van der Waals surface area contributed by atoms with Crippen molar-refractivity contribution in [3.8, 4) is 17.0 Å². The number of hydrogen-bond acceptors (Lipinski definition) is 4. The third-order valence-electron chi connectivity index (χ3n) is 3.46. The molecule has 0 atom stereocenters. The number of benzene rings is 1. The van der Waals surface area contributed by atoms with Crippen LogP contribution in [0.5, 0.6) is 5.75 Å². The summed E-state index contributed by atoms with van der Waals surface area (Å²) in [6.07, 6.45) is 3.13. The molecule has 5 nitrogen and oxygen atoms in total. The highest BCUT2D eigenvalue weighted by Gasteiger charge is 2.14. The summed E-state index contributed by atoms with van der Waals surface area (Å²) in [5.74, 6) is 0.212. The van der Waals surface area contributed by atoms with Gasteiger partial charge in [-0.05, 0) is 42.5 Å². The Morgan fingerprint density at radius 2 is 1.96 bits per heavy atom. The van der Waals surface area contributed by atoms with Gasteiger partial charge in [-0.2, -0.15) is 0 Å². The van der Waals surface area contributed by atoms with Crippen molar-refractivity contribution in [2.45, 2.75) is 0 Å². The Morgan fingerprint density at radius 3 is 2.64 bits per heavy atom.